The van der Waals surface area contributed by atoms with E-state index < -0.39 is 0 Å². The zero-order valence-corrected chi connectivity index (χ0v) is 8.30. The molecule has 66 valence electrons. The van der Waals surface area contributed by atoms with Crippen LogP contribution in [0.1, 0.15) is 33.6 Å². The Kier molecular flexibility index (Phi) is 2.94. The number of nitrogens with zero attached hydrogens (tertiary/aromatic N) is 1. The lowest BCUT2D eigenvalue weighted by molar-refractivity contribution is 0.123. The van der Waals surface area contributed by atoms with Crippen LogP contribution in [0.2, 0.25) is 0 Å². The van der Waals surface area contributed by atoms with Gasteiger partial charge in [0.25, 0.3) is 0 Å². The van der Waals surface area contributed by atoms with Gasteiger partial charge in [0.05, 0.1) is 0 Å². The minimum Gasteiger partial charge on any atom is -0.303 e. The number of hydrogen-bond donors (Lipinski definition) is 0. The zero-order valence-electron chi connectivity index (χ0n) is 8.30. The summed E-state index contributed by atoms with van der Waals surface area (Å²) in [6, 6.07) is 0.810. The maximum Gasteiger partial charge on any atom is 0.00641 e. The predicted molar refractivity (Wildman–Crippen MR) is 49.7 cm³/mol. The van der Waals surface area contributed by atoms with Crippen molar-refractivity contribution in [2.24, 2.45) is 11.8 Å². The molecule has 11 heavy (non-hydrogen) atoms. The van der Waals surface area contributed by atoms with Gasteiger partial charge in [-0.3, -0.25) is 0 Å². The van der Waals surface area contributed by atoms with Gasteiger partial charge < -0.3 is 4.90 Å². The third-order valence-corrected chi connectivity index (χ3v) is 3.17. The normalized spacial score (nSPS) is 34.6. The minimum atomic E-state index is 0.810. The Morgan fingerprint density at radius 3 is 2.36 bits per heavy atom. The summed E-state index contributed by atoms with van der Waals surface area (Å²) in [5, 5.41) is 0. The first-order chi connectivity index (χ1) is 5.11. The first-order valence-corrected chi connectivity index (χ1v) is 4.81. The van der Waals surface area contributed by atoms with Gasteiger partial charge in [0.15, 0.2) is 0 Å². The number of piperidine rings is 1. The molecular formula is C10H21N. The molecule has 1 aliphatic rings. The van der Waals surface area contributed by atoms with E-state index in [0.29, 0.717) is 0 Å². The van der Waals surface area contributed by atoms with Crippen molar-refractivity contribution in [2.45, 2.75) is 39.7 Å². The van der Waals surface area contributed by atoms with E-state index in [1.54, 1.807) is 0 Å². The van der Waals surface area contributed by atoms with Gasteiger partial charge in [0.2, 0.25) is 0 Å². The molecule has 1 rings (SSSR count). The van der Waals surface area contributed by atoms with E-state index in [9.17, 15) is 0 Å². The first kappa shape index (κ1) is 9.05. The lowest BCUT2D eigenvalue weighted by Crippen LogP contribution is -2.40. The van der Waals surface area contributed by atoms with Crippen molar-refractivity contribution in [3.05, 3.63) is 0 Å². The van der Waals surface area contributed by atoms with Gasteiger partial charge in [-0.15, -0.1) is 0 Å². The highest BCUT2D eigenvalue weighted by Gasteiger charge is 2.24. The zero-order chi connectivity index (χ0) is 8.43. The third kappa shape index (κ3) is 2.19. The summed E-state index contributed by atoms with van der Waals surface area (Å²) in [5.41, 5.74) is 0. The van der Waals surface area contributed by atoms with Crippen LogP contribution in [0.15, 0.2) is 0 Å². The minimum absolute atomic E-state index is 0.810. The molecular weight excluding hydrogens is 134 g/mol. The average Bonchev–Trinajstić information content (AvgIpc) is 1.94. The molecule has 0 aromatic heterocycles. The van der Waals surface area contributed by atoms with Crippen LogP contribution in [0, 0.1) is 11.8 Å². The summed E-state index contributed by atoms with van der Waals surface area (Å²) in [4.78, 5) is 2.49. The Morgan fingerprint density at radius 1 is 1.27 bits per heavy atom. The van der Waals surface area contributed by atoms with Gasteiger partial charge in [-0.1, -0.05) is 13.8 Å². The summed E-state index contributed by atoms with van der Waals surface area (Å²) in [6.45, 7) is 8.32. The number of rotatable bonds is 1. The van der Waals surface area contributed by atoms with Gasteiger partial charge >= 0.3 is 0 Å². The Balaban J connectivity index is 2.40. The van der Waals surface area contributed by atoms with E-state index in [2.05, 4.69) is 32.7 Å². The van der Waals surface area contributed by atoms with Crippen LogP contribution in [0.25, 0.3) is 0 Å². The van der Waals surface area contributed by atoms with Crippen LogP contribution in [0.5, 0.6) is 0 Å². The smallest absolute Gasteiger partial charge is 0.00641 e. The number of likely N-dealkylation sites (tertiary alicyclic amines) is 1. The van der Waals surface area contributed by atoms with Crippen LogP contribution < -0.4 is 0 Å². The van der Waals surface area contributed by atoms with Crippen molar-refractivity contribution in [1.29, 1.82) is 0 Å². The molecule has 0 aliphatic carbocycles. The summed E-state index contributed by atoms with van der Waals surface area (Å²) >= 11 is 0. The fourth-order valence-corrected chi connectivity index (χ4v) is 1.86. The number of hydrogen-bond acceptors (Lipinski definition) is 1. The Labute approximate surface area is 70.8 Å². The molecule has 0 radical (unpaired) electrons. The monoisotopic (exact) mass is 155 g/mol. The molecule has 0 spiro atoms. The van der Waals surface area contributed by atoms with Gasteiger partial charge in [-0.2, -0.15) is 0 Å². The standard InChI is InChI=1S/C10H21N/c1-8(2)10-6-5-9(3)11(4)7-10/h8-10H,5-7H2,1-4H3/t9-,10+/m0/s1. The fraction of sp³-hybridized carbons (Fsp3) is 1.00. The van der Waals surface area contributed by atoms with Crippen LogP contribution >= 0.6 is 0 Å². The largest absolute Gasteiger partial charge is 0.303 e. The van der Waals surface area contributed by atoms with Crippen molar-refractivity contribution >= 4 is 0 Å². The molecule has 0 saturated carbocycles. The molecule has 1 heteroatoms. The van der Waals surface area contributed by atoms with E-state index in [1.807, 2.05) is 0 Å². The van der Waals surface area contributed by atoms with Gasteiger partial charge in [0, 0.05) is 12.6 Å². The molecule has 2 atom stereocenters. The molecule has 1 fully saturated rings. The summed E-state index contributed by atoms with van der Waals surface area (Å²) in [7, 11) is 2.25. The molecule has 0 N–H and O–H groups in total. The summed E-state index contributed by atoms with van der Waals surface area (Å²) in [5.74, 6) is 1.81. The second-order valence-electron chi connectivity index (χ2n) is 4.37. The first-order valence-electron chi connectivity index (χ1n) is 4.81. The highest BCUT2D eigenvalue weighted by atomic mass is 15.1. The Morgan fingerprint density at radius 2 is 1.91 bits per heavy atom. The van der Waals surface area contributed by atoms with Crippen LogP contribution in [-0.4, -0.2) is 24.5 Å². The second-order valence-corrected chi connectivity index (χ2v) is 4.37. The fourth-order valence-electron chi connectivity index (χ4n) is 1.86. The van der Waals surface area contributed by atoms with Crippen LogP contribution in [-0.2, 0) is 0 Å². The lowest BCUT2D eigenvalue weighted by Gasteiger charge is -2.37. The van der Waals surface area contributed by atoms with Crippen molar-refractivity contribution in [3.8, 4) is 0 Å². The Hall–Kier alpha value is -0.0400. The van der Waals surface area contributed by atoms with E-state index in [-0.39, 0.29) is 0 Å². The van der Waals surface area contributed by atoms with Gasteiger partial charge in [-0.05, 0) is 38.6 Å². The molecule has 1 heterocycles. The Bertz CT molecular complexity index is 120. The molecule has 0 unspecified atom stereocenters. The van der Waals surface area contributed by atoms with E-state index in [4.69, 9.17) is 0 Å². The van der Waals surface area contributed by atoms with Gasteiger partial charge in [-0.25, -0.2) is 0 Å². The van der Waals surface area contributed by atoms with E-state index in [0.717, 1.165) is 17.9 Å². The van der Waals surface area contributed by atoms with Crippen molar-refractivity contribution < 1.29 is 0 Å². The maximum absolute atomic E-state index is 2.49. The SMILES string of the molecule is CC(C)[C@@H]1CC[C@H](C)N(C)C1. The molecule has 1 saturated heterocycles. The predicted octanol–water partition coefficient (Wildman–Crippen LogP) is 2.37. The van der Waals surface area contributed by atoms with Crippen molar-refractivity contribution in [2.75, 3.05) is 13.6 Å². The van der Waals surface area contributed by atoms with Crippen LogP contribution in [0.3, 0.4) is 0 Å². The quantitative estimate of drug-likeness (QED) is 0.562. The second kappa shape index (κ2) is 3.57. The highest BCUT2D eigenvalue weighted by Crippen LogP contribution is 2.25. The molecule has 0 aromatic carbocycles. The molecule has 0 amide bonds. The molecule has 1 nitrogen and oxygen atoms in total. The summed E-state index contributed by atoms with van der Waals surface area (Å²) < 4.78 is 0. The lowest BCUT2D eigenvalue weighted by atomic mass is 9.86. The average molecular weight is 155 g/mol. The molecule has 1 aliphatic heterocycles. The highest BCUT2D eigenvalue weighted by molar-refractivity contribution is 4.77. The molecule has 0 aromatic rings. The molecule has 0 bridgehead atoms. The van der Waals surface area contributed by atoms with E-state index in [1.165, 1.54) is 19.4 Å². The van der Waals surface area contributed by atoms with Crippen LogP contribution in [0.4, 0.5) is 0 Å². The van der Waals surface area contributed by atoms with Crippen molar-refractivity contribution in [1.82, 2.24) is 4.90 Å². The van der Waals surface area contributed by atoms with Crippen molar-refractivity contribution in [3.63, 3.8) is 0 Å². The third-order valence-electron chi connectivity index (χ3n) is 3.17. The maximum atomic E-state index is 2.49. The van der Waals surface area contributed by atoms with Gasteiger partial charge in [0.1, 0.15) is 0 Å². The van der Waals surface area contributed by atoms with E-state index >= 15 is 0 Å². The topological polar surface area (TPSA) is 3.24 Å². The summed E-state index contributed by atoms with van der Waals surface area (Å²) in [6.07, 6.45) is 2.82.